The van der Waals surface area contributed by atoms with Crippen molar-refractivity contribution in [3.63, 3.8) is 0 Å². The van der Waals surface area contributed by atoms with Crippen LogP contribution < -0.4 is 10.6 Å². The Morgan fingerprint density at radius 3 is 1.91 bits per heavy atom. The van der Waals surface area contributed by atoms with Crippen molar-refractivity contribution in [2.45, 2.75) is 117 Å². The molecule has 0 bridgehead atoms. The predicted molar refractivity (Wildman–Crippen MR) is 137 cm³/mol. The van der Waals surface area contributed by atoms with Crippen molar-refractivity contribution in [1.82, 2.24) is 0 Å². The monoisotopic (exact) mass is 462 g/mol. The Labute approximate surface area is 200 Å². The van der Waals surface area contributed by atoms with Crippen molar-refractivity contribution in [3.8, 4) is 5.75 Å². The van der Waals surface area contributed by atoms with Crippen molar-refractivity contribution in [3.05, 3.63) is 18.2 Å². The molecular formula is C27H46N2O4. The molecule has 1 unspecified atom stereocenters. The second-order valence-corrected chi connectivity index (χ2v) is 9.01. The minimum Gasteiger partial charge on any atom is -0.506 e. The number of benzene rings is 1. The molecular weight excluding hydrogens is 416 g/mol. The van der Waals surface area contributed by atoms with E-state index in [1.165, 1.54) is 90.0 Å². The number of esters is 1. The highest BCUT2D eigenvalue weighted by molar-refractivity contribution is 5.95. The topological polar surface area (TPSA) is 87.7 Å². The average Bonchev–Trinajstić information content (AvgIpc) is 2.78. The minimum absolute atomic E-state index is 0.0572. The van der Waals surface area contributed by atoms with E-state index in [-0.39, 0.29) is 23.3 Å². The van der Waals surface area contributed by atoms with Crippen LogP contribution in [0.1, 0.15) is 111 Å². The van der Waals surface area contributed by atoms with E-state index in [4.69, 9.17) is 4.74 Å². The lowest BCUT2D eigenvalue weighted by molar-refractivity contribution is -0.144. The first kappa shape index (κ1) is 28.8. The number of unbranched alkanes of at least 4 members (excludes halogenated alkanes) is 13. The zero-order valence-corrected chi connectivity index (χ0v) is 21.1. The van der Waals surface area contributed by atoms with Crippen molar-refractivity contribution in [2.24, 2.45) is 0 Å². The molecule has 0 aromatic heterocycles. The van der Waals surface area contributed by atoms with Crippen LogP contribution in [0.2, 0.25) is 0 Å². The summed E-state index contributed by atoms with van der Waals surface area (Å²) >= 11 is 0. The number of ether oxygens (including phenoxy) is 1. The summed E-state index contributed by atoms with van der Waals surface area (Å²) in [5.41, 5.74) is 0.739. The van der Waals surface area contributed by atoms with Gasteiger partial charge < -0.3 is 20.5 Å². The average molecular weight is 463 g/mol. The number of amides is 1. The van der Waals surface area contributed by atoms with Gasteiger partial charge in [-0.15, -0.1) is 0 Å². The van der Waals surface area contributed by atoms with Gasteiger partial charge in [0, 0.05) is 6.92 Å². The van der Waals surface area contributed by atoms with E-state index >= 15 is 0 Å². The maximum Gasteiger partial charge on any atom is 0.328 e. The number of para-hydroxylation sites is 1. The summed E-state index contributed by atoms with van der Waals surface area (Å²) in [4.78, 5) is 23.6. The van der Waals surface area contributed by atoms with Crippen LogP contribution in [0.3, 0.4) is 0 Å². The van der Waals surface area contributed by atoms with E-state index in [1.807, 2.05) is 0 Å². The third-order valence-corrected chi connectivity index (χ3v) is 5.81. The molecule has 0 aliphatic rings. The predicted octanol–water partition coefficient (Wildman–Crippen LogP) is 7.18. The number of carbonyl (C=O) groups excluding carboxylic acids is 2. The van der Waals surface area contributed by atoms with Gasteiger partial charge in [0.25, 0.3) is 0 Å². The lowest BCUT2D eigenvalue weighted by Crippen LogP contribution is -2.29. The first-order valence-electron chi connectivity index (χ1n) is 13.0. The number of hydrogen-bond donors (Lipinski definition) is 3. The molecule has 188 valence electrons. The lowest BCUT2D eigenvalue weighted by atomic mass is 10.0. The summed E-state index contributed by atoms with van der Waals surface area (Å²) in [6.07, 6.45) is 18.1. The summed E-state index contributed by atoms with van der Waals surface area (Å²) in [7, 11) is 0. The Bertz CT molecular complexity index is 678. The van der Waals surface area contributed by atoms with E-state index < -0.39 is 6.04 Å². The number of hydrogen-bond acceptors (Lipinski definition) is 5. The van der Waals surface area contributed by atoms with Gasteiger partial charge in [0.15, 0.2) is 0 Å². The van der Waals surface area contributed by atoms with Crippen molar-refractivity contribution >= 4 is 23.3 Å². The van der Waals surface area contributed by atoms with Gasteiger partial charge in [0.2, 0.25) is 5.91 Å². The number of rotatable bonds is 19. The van der Waals surface area contributed by atoms with Crippen molar-refractivity contribution < 1.29 is 19.4 Å². The van der Waals surface area contributed by atoms with E-state index in [2.05, 4.69) is 17.6 Å². The smallest absolute Gasteiger partial charge is 0.328 e. The van der Waals surface area contributed by atoms with Crippen molar-refractivity contribution in [1.29, 1.82) is 0 Å². The molecule has 1 rings (SSSR count). The zero-order valence-electron chi connectivity index (χ0n) is 21.1. The molecule has 0 fully saturated rings. The van der Waals surface area contributed by atoms with Gasteiger partial charge in [-0.3, -0.25) is 4.79 Å². The fourth-order valence-corrected chi connectivity index (χ4v) is 3.85. The summed E-state index contributed by atoms with van der Waals surface area (Å²) in [5.74, 6) is -0.701. The summed E-state index contributed by atoms with van der Waals surface area (Å²) in [6, 6.07) is 4.23. The fraction of sp³-hybridized carbons (Fsp3) is 0.704. The Hall–Kier alpha value is -2.24. The van der Waals surface area contributed by atoms with E-state index in [9.17, 15) is 14.7 Å². The van der Waals surface area contributed by atoms with Crippen LogP contribution in [0.25, 0.3) is 0 Å². The molecule has 0 spiro atoms. The molecule has 1 amide bonds. The second-order valence-electron chi connectivity index (χ2n) is 9.01. The molecule has 6 heteroatoms. The second kappa shape index (κ2) is 18.2. The molecule has 1 atom stereocenters. The molecule has 0 saturated carbocycles. The quantitative estimate of drug-likeness (QED) is 0.115. The minimum atomic E-state index is -0.592. The lowest BCUT2D eigenvalue weighted by Gasteiger charge is -2.18. The van der Waals surface area contributed by atoms with Crippen LogP contribution in [0.4, 0.5) is 11.4 Å². The van der Waals surface area contributed by atoms with E-state index in [0.717, 1.165) is 12.8 Å². The van der Waals surface area contributed by atoms with Crippen molar-refractivity contribution in [2.75, 3.05) is 17.2 Å². The zero-order chi connectivity index (χ0) is 24.3. The number of anilines is 2. The van der Waals surface area contributed by atoms with Crippen LogP contribution in [0.15, 0.2) is 18.2 Å². The highest BCUT2D eigenvalue weighted by Gasteiger charge is 2.17. The van der Waals surface area contributed by atoms with Crippen LogP contribution in [0.5, 0.6) is 5.75 Å². The summed E-state index contributed by atoms with van der Waals surface area (Å²) in [5, 5.41) is 15.6. The summed E-state index contributed by atoms with van der Waals surface area (Å²) < 4.78 is 5.38. The van der Waals surface area contributed by atoms with Gasteiger partial charge >= 0.3 is 5.97 Å². The number of carbonyl (C=O) groups is 2. The van der Waals surface area contributed by atoms with Gasteiger partial charge in [-0.05, 0) is 25.5 Å². The third-order valence-electron chi connectivity index (χ3n) is 5.81. The molecule has 0 saturated heterocycles. The van der Waals surface area contributed by atoms with Gasteiger partial charge in [-0.25, -0.2) is 4.79 Å². The SMILES string of the molecule is CCCCCCCCCCCCCCCCOC(=O)C(C)Nc1cccc(O)c1NC(C)=O. The normalized spacial score (nSPS) is 11.7. The number of aromatic hydroxyl groups is 1. The Morgan fingerprint density at radius 1 is 0.879 bits per heavy atom. The molecule has 1 aromatic carbocycles. The Morgan fingerprint density at radius 2 is 1.39 bits per heavy atom. The first-order chi connectivity index (χ1) is 16.0. The van der Waals surface area contributed by atoms with Gasteiger partial charge in [0.1, 0.15) is 17.5 Å². The Kier molecular flexibility index (Phi) is 15.9. The maximum absolute atomic E-state index is 12.3. The van der Waals surface area contributed by atoms with Crippen LogP contribution in [-0.2, 0) is 14.3 Å². The first-order valence-corrected chi connectivity index (χ1v) is 13.0. The van der Waals surface area contributed by atoms with Gasteiger partial charge in [-0.2, -0.15) is 0 Å². The molecule has 1 aromatic rings. The van der Waals surface area contributed by atoms with E-state index in [1.54, 1.807) is 19.1 Å². The number of phenolic OH excluding ortho intramolecular Hbond substituents is 1. The largest absolute Gasteiger partial charge is 0.506 e. The van der Waals surface area contributed by atoms with E-state index in [0.29, 0.717) is 12.3 Å². The molecule has 0 heterocycles. The molecule has 3 N–H and O–H groups in total. The molecule has 0 radical (unpaired) electrons. The molecule has 0 aliphatic heterocycles. The number of nitrogens with one attached hydrogen (secondary N) is 2. The Balaban J connectivity index is 2.07. The third kappa shape index (κ3) is 13.8. The molecule has 6 nitrogen and oxygen atoms in total. The molecule has 33 heavy (non-hydrogen) atoms. The fourth-order valence-electron chi connectivity index (χ4n) is 3.85. The number of phenols is 1. The standard InChI is InChI=1S/C27H46N2O4/c1-4-5-6-7-8-9-10-11-12-13-14-15-16-17-21-33-27(32)22(2)28-24-19-18-20-25(31)26(24)29-23(3)30/h18-20,22,28,31H,4-17,21H2,1-3H3,(H,29,30). The van der Waals surface area contributed by atoms with Gasteiger partial charge in [-0.1, -0.05) is 96.5 Å². The maximum atomic E-state index is 12.3. The highest BCUT2D eigenvalue weighted by atomic mass is 16.5. The highest BCUT2D eigenvalue weighted by Crippen LogP contribution is 2.32. The van der Waals surface area contributed by atoms with Gasteiger partial charge in [0.05, 0.1) is 12.3 Å². The van der Waals surface area contributed by atoms with Crippen LogP contribution >= 0.6 is 0 Å². The van der Waals surface area contributed by atoms with Crippen LogP contribution in [0, 0.1) is 0 Å². The van der Waals surface area contributed by atoms with Crippen LogP contribution in [-0.4, -0.2) is 29.6 Å². The molecule has 0 aliphatic carbocycles. The summed E-state index contributed by atoms with van der Waals surface area (Å²) in [6.45, 7) is 5.75.